The monoisotopic (exact) mass is 212 g/mol. The summed E-state index contributed by atoms with van der Waals surface area (Å²) in [4.78, 5) is 0. The molecule has 1 aliphatic heterocycles. The van der Waals surface area contributed by atoms with Crippen LogP contribution in [0.15, 0.2) is 0 Å². The SMILES string of the molecule is CCCC1CC1(O)CCC1CCCCO1. The molecule has 88 valence electrons. The van der Waals surface area contributed by atoms with Crippen molar-refractivity contribution < 1.29 is 9.84 Å². The Morgan fingerprint density at radius 3 is 2.87 bits per heavy atom. The highest BCUT2D eigenvalue weighted by Gasteiger charge is 2.51. The molecule has 0 aromatic carbocycles. The lowest BCUT2D eigenvalue weighted by Crippen LogP contribution is -2.22. The van der Waals surface area contributed by atoms with Crippen LogP contribution in [0.2, 0.25) is 0 Å². The van der Waals surface area contributed by atoms with Crippen molar-refractivity contribution in [2.24, 2.45) is 5.92 Å². The van der Waals surface area contributed by atoms with E-state index in [1.165, 1.54) is 32.1 Å². The summed E-state index contributed by atoms with van der Waals surface area (Å²) in [6.07, 6.45) is 9.63. The van der Waals surface area contributed by atoms with Gasteiger partial charge in [0.1, 0.15) is 0 Å². The molecule has 1 saturated carbocycles. The maximum atomic E-state index is 10.2. The summed E-state index contributed by atoms with van der Waals surface area (Å²) >= 11 is 0. The number of hydrogen-bond acceptors (Lipinski definition) is 2. The number of aliphatic hydroxyl groups is 1. The highest BCUT2D eigenvalue weighted by molar-refractivity contribution is 5.02. The predicted molar refractivity (Wildman–Crippen MR) is 60.8 cm³/mol. The van der Waals surface area contributed by atoms with Crippen LogP contribution in [-0.4, -0.2) is 23.4 Å². The molecule has 1 aliphatic carbocycles. The van der Waals surface area contributed by atoms with E-state index in [-0.39, 0.29) is 5.60 Å². The second-order valence-electron chi connectivity index (χ2n) is 5.32. The summed E-state index contributed by atoms with van der Waals surface area (Å²) in [5.74, 6) is 0.589. The quantitative estimate of drug-likeness (QED) is 0.759. The van der Waals surface area contributed by atoms with Gasteiger partial charge in [0.15, 0.2) is 0 Å². The van der Waals surface area contributed by atoms with E-state index in [0.29, 0.717) is 12.0 Å². The summed E-state index contributed by atoms with van der Waals surface area (Å²) in [5.41, 5.74) is -0.309. The minimum absolute atomic E-state index is 0.309. The van der Waals surface area contributed by atoms with Crippen LogP contribution < -0.4 is 0 Å². The van der Waals surface area contributed by atoms with Gasteiger partial charge in [-0.15, -0.1) is 0 Å². The lowest BCUT2D eigenvalue weighted by molar-refractivity contribution is -0.00215. The maximum Gasteiger partial charge on any atom is 0.0681 e. The van der Waals surface area contributed by atoms with Gasteiger partial charge in [0, 0.05) is 6.61 Å². The summed E-state index contributed by atoms with van der Waals surface area (Å²) in [5, 5.41) is 10.2. The molecule has 1 saturated heterocycles. The molecule has 0 radical (unpaired) electrons. The third-order valence-corrected chi connectivity index (χ3v) is 4.01. The van der Waals surface area contributed by atoms with Crippen LogP contribution in [0.3, 0.4) is 0 Å². The van der Waals surface area contributed by atoms with Gasteiger partial charge < -0.3 is 9.84 Å². The van der Waals surface area contributed by atoms with Crippen molar-refractivity contribution in [2.75, 3.05) is 6.61 Å². The van der Waals surface area contributed by atoms with Gasteiger partial charge in [0.2, 0.25) is 0 Å². The van der Waals surface area contributed by atoms with Crippen molar-refractivity contribution in [3.05, 3.63) is 0 Å². The van der Waals surface area contributed by atoms with Gasteiger partial charge in [-0.2, -0.15) is 0 Å². The number of rotatable bonds is 5. The van der Waals surface area contributed by atoms with Gasteiger partial charge in [-0.1, -0.05) is 13.3 Å². The minimum Gasteiger partial charge on any atom is -0.390 e. The van der Waals surface area contributed by atoms with Crippen LogP contribution >= 0.6 is 0 Å². The highest BCUT2D eigenvalue weighted by Crippen LogP contribution is 2.50. The fourth-order valence-electron chi connectivity index (χ4n) is 2.84. The normalized spacial score (nSPS) is 40.4. The van der Waals surface area contributed by atoms with Gasteiger partial charge in [-0.3, -0.25) is 0 Å². The molecule has 15 heavy (non-hydrogen) atoms. The molecule has 1 heterocycles. The van der Waals surface area contributed by atoms with Crippen LogP contribution in [0.5, 0.6) is 0 Å². The van der Waals surface area contributed by atoms with Crippen molar-refractivity contribution >= 4 is 0 Å². The molecular weight excluding hydrogens is 188 g/mol. The summed E-state index contributed by atoms with van der Waals surface area (Å²) in [6.45, 7) is 3.13. The average molecular weight is 212 g/mol. The third kappa shape index (κ3) is 2.94. The van der Waals surface area contributed by atoms with E-state index < -0.39 is 0 Å². The van der Waals surface area contributed by atoms with Crippen molar-refractivity contribution in [1.82, 2.24) is 0 Å². The van der Waals surface area contributed by atoms with Crippen LogP contribution in [0, 0.1) is 5.92 Å². The number of ether oxygens (including phenoxy) is 1. The van der Waals surface area contributed by atoms with E-state index in [0.717, 1.165) is 25.9 Å². The molecule has 2 rings (SSSR count). The lowest BCUT2D eigenvalue weighted by atomic mass is 10.00. The molecule has 0 aromatic rings. The van der Waals surface area contributed by atoms with Gasteiger partial charge >= 0.3 is 0 Å². The van der Waals surface area contributed by atoms with Crippen molar-refractivity contribution in [1.29, 1.82) is 0 Å². The second-order valence-corrected chi connectivity index (χ2v) is 5.32. The maximum absolute atomic E-state index is 10.2. The Bertz CT molecular complexity index is 199. The van der Waals surface area contributed by atoms with E-state index in [4.69, 9.17) is 4.74 Å². The van der Waals surface area contributed by atoms with E-state index >= 15 is 0 Å². The third-order valence-electron chi connectivity index (χ3n) is 4.01. The standard InChI is InChI=1S/C13H24O2/c1-2-5-11-10-13(11,14)8-7-12-6-3-4-9-15-12/h11-12,14H,2-10H2,1H3. The zero-order valence-electron chi connectivity index (χ0n) is 9.87. The van der Waals surface area contributed by atoms with E-state index in [2.05, 4.69) is 6.92 Å². The molecule has 0 spiro atoms. The van der Waals surface area contributed by atoms with E-state index in [9.17, 15) is 5.11 Å². The van der Waals surface area contributed by atoms with E-state index in [1.54, 1.807) is 0 Å². The first-order chi connectivity index (χ1) is 7.24. The zero-order chi connectivity index (χ0) is 10.7. The fourth-order valence-corrected chi connectivity index (χ4v) is 2.84. The molecule has 0 amide bonds. The molecule has 2 heteroatoms. The smallest absolute Gasteiger partial charge is 0.0681 e. The Labute approximate surface area is 93.0 Å². The Hall–Kier alpha value is -0.0800. The van der Waals surface area contributed by atoms with Crippen LogP contribution in [-0.2, 0) is 4.74 Å². The first-order valence-electron chi connectivity index (χ1n) is 6.58. The summed E-state index contributed by atoms with van der Waals surface area (Å²) < 4.78 is 5.69. The molecule has 0 bridgehead atoms. The first-order valence-corrected chi connectivity index (χ1v) is 6.58. The van der Waals surface area contributed by atoms with Crippen LogP contribution in [0.4, 0.5) is 0 Å². The molecule has 2 nitrogen and oxygen atoms in total. The first kappa shape index (κ1) is 11.4. The summed E-state index contributed by atoms with van der Waals surface area (Å²) in [6, 6.07) is 0. The average Bonchev–Trinajstić information content (AvgIpc) is 2.90. The zero-order valence-corrected chi connectivity index (χ0v) is 9.87. The lowest BCUT2D eigenvalue weighted by Gasteiger charge is -2.23. The molecule has 3 unspecified atom stereocenters. The van der Waals surface area contributed by atoms with Gasteiger partial charge in [0.05, 0.1) is 11.7 Å². The van der Waals surface area contributed by atoms with Crippen molar-refractivity contribution in [2.45, 2.75) is 70.0 Å². The van der Waals surface area contributed by atoms with Crippen LogP contribution in [0.25, 0.3) is 0 Å². The Kier molecular flexibility index (Phi) is 3.68. The molecule has 3 atom stereocenters. The Morgan fingerprint density at radius 2 is 2.20 bits per heavy atom. The van der Waals surface area contributed by atoms with Crippen LogP contribution in [0.1, 0.15) is 58.3 Å². The number of hydrogen-bond donors (Lipinski definition) is 1. The fraction of sp³-hybridized carbons (Fsp3) is 1.00. The topological polar surface area (TPSA) is 29.5 Å². The largest absolute Gasteiger partial charge is 0.390 e. The molecule has 2 fully saturated rings. The van der Waals surface area contributed by atoms with E-state index in [1.807, 2.05) is 0 Å². The predicted octanol–water partition coefficient (Wildman–Crippen LogP) is 2.89. The Balaban J connectivity index is 1.65. The van der Waals surface area contributed by atoms with Gasteiger partial charge in [0.25, 0.3) is 0 Å². The summed E-state index contributed by atoms with van der Waals surface area (Å²) in [7, 11) is 0. The van der Waals surface area contributed by atoms with Crippen molar-refractivity contribution in [3.8, 4) is 0 Å². The second kappa shape index (κ2) is 4.84. The van der Waals surface area contributed by atoms with Gasteiger partial charge in [-0.25, -0.2) is 0 Å². The van der Waals surface area contributed by atoms with Gasteiger partial charge in [-0.05, 0) is 50.9 Å². The highest BCUT2D eigenvalue weighted by atomic mass is 16.5. The minimum atomic E-state index is -0.309. The molecule has 0 aromatic heterocycles. The molecule has 2 aliphatic rings. The Morgan fingerprint density at radius 1 is 1.33 bits per heavy atom. The molecule has 1 N–H and O–H groups in total. The molecular formula is C13H24O2. The van der Waals surface area contributed by atoms with Crippen molar-refractivity contribution in [3.63, 3.8) is 0 Å².